The summed E-state index contributed by atoms with van der Waals surface area (Å²) in [7, 11) is 3.03. The van der Waals surface area contributed by atoms with Crippen molar-refractivity contribution in [3.05, 3.63) is 74.5 Å². The van der Waals surface area contributed by atoms with Crippen molar-refractivity contribution in [1.82, 2.24) is 9.55 Å². The van der Waals surface area contributed by atoms with Crippen molar-refractivity contribution in [3.8, 4) is 23.1 Å². The van der Waals surface area contributed by atoms with Crippen molar-refractivity contribution < 1.29 is 24.1 Å². The fourth-order valence-electron chi connectivity index (χ4n) is 3.69. The number of hydrogen-bond donors (Lipinski definition) is 1. The molecule has 0 unspecified atom stereocenters. The van der Waals surface area contributed by atoms with E-state index in [1.165, 1.54) is 24.2 Å². The molecule has 176 valence electrons. The summed E-state index contributed by atoms with van der Waals surface area (Å²) in [5, 5.41) is 12.6. The number of benzene rings is 2. The van der Waals surface area contributed by atoms with Gasteiger partial charge in [-0.1, -0.05) is 23.5 Å². The van der Waals surface area contributed by atoms with E-state index in [9.17, 15) is 14.7 Å². The molecule has 0 bridgehead atoms. The van der Waals surface area contributed by atoms with Gasteiger partial charge in [0.25, 0.3) is 0 Å². The van der Waals surface area contributed by atoms with Crippen LogP contribution in [0.4, 0.5) is 0 Å². The molecule has 0 atom stereocenters. The molecule has 1 N–H and O–H groups in total. The molecule has 0 saturated heterocycles. The summed E-state index contributed by atoms with van der Waals surface area (Å²) in [6, 6.07) is 10.4. The number of pyridine rings is 1. The fraction of sp³-hybridized carbons (Fsp3) is 0.240. The average molecular weight is 481 g/mol. The minimum Gasteiger partial charge on any atom is -0.494 e. The number of aromatic nitrogens is 2. The molecular weight excluding hydrogens is 456 g/mol. The molecule has 0 radical (unpaired) electrons. The summed E-state index contributed by atoms with van der Waals surface area (Å²) in [6.45, 7) is 3.91. The number of rotatable bonds is 8. The highest BCUT2D eigenvalue weighted by molar-refractivity contribution is 7.07. The SMILES string of the molecule is COc1cc2c(Cn3c(O)csc3=O)cnc(C(=O)c3cccc(OC(C)C)c3)c2cc1OC. The number of aromatic hydroxyl groups is 1. The van der Waals surface area contributed by atoms with Crippen LogP contribution in [-0.4, -0.2) is 40.8 Å². The zero-order valence-corrected chi connectivity index (χ0v) is 20.0. The van der Waals surface area contributed by atoms with Crippen molar-refractivity contribution in [3.63, 3.8) is 0 Å². The van der Waals surface area contributed by atoms with Gasteiger partial charge in [-0.25, -0.2) is 0 Å². The van der Waals surface area contributed by atoms with Gasteiger partial charge in [-0.3, -0.25) is 19.1 Å². The molecular formula is C25H24N2O6S. The highest BCUT2D eigenvalue weighted by atomic mass is 32.1. The fourth-order valence-corrected chi connectivity index (χ4v) is 4.31. The van der Waals surface area contributed by atoms with Crippen molar-refractivity contribution in [2.45, 2.75) is 26.5 Å². The normalized spacial score (nSPS) is 11.1. The van der Waals surface area contributed by atoms with Crippen LogP contribution >= 0.6 is 11.3 Å². The molecule has 2 aromatic heterocycles. The van der Waals surface area contributed by atoms with Crippen LogP contribution in [0.15, 0.2) is 52.8 Å². The number of nitrogens with zero attached hydrogens (tertiary/aromatic N) is 2. The Morgan fingerprint density at radius 1 is 1.12 bits per heavy atom. The van der Waals surface area contributed by atoms with E-state index in [0.29, 0.717) is 39.1 Å². The monoisotopic (exact) mass is 480 g/mol. The molecule has 0 fully saturated rings. The van der Waals surface area contributed by atoms with E-state index in [2.05, 4.69) is 4.98 Å². The molecule has 9 heteroatoms. The highest BCUT2D eigenvalue weighted by Crippen LogP contribution is 2.36. The lowest BCUT2D eigenvalue weighted by Gasteiger charge is -2.15. The third-order valence-corrected chi connectivity index (χ3v) is 6.00. The van der Waals surface area contributed by atoms with Crippen LogP contribution in [0.25, 0.3) is 10.8 Å². The molecule has 2 aromatic carbocycles. The van der Waals surface area contributed by atoms with E-state index in [4.69, 9.17) is 14.2 Å². The summed E-state index contributed by atoms with van der Waals surface area (Å²) in [5.74, 6) is 1.08. The van der Waals surface area contributed by atoms with Gasteiger partial charge in [0.15, 0.2) is 11.5 Å². The Balaban J connectivity index is 1.88. The molecule has 0 aliphatic heterocycles. The van der Waals surface area contributed by atoms with Crippen LogP contribution in [0.5, 0.6) is 23.1 Å². The minimum atomic E-state index is -0.298. The molecule has 0 aliphatic carbocycles. The van der Waals surface area contributed by atoms with Crippen LogP contribution in [-0.2, 0) is 6.54 Å². The number of carbonyl (C=O) groups is 1. The third-order valence-electron chi connectivity index (χ3n) is 5.25. The summed E-state index contributed by atoms with van der Waals surface area (Å²) in [6.07, 6.45) is 1.51. The van der Waals surface area contributed by atoms with Crippen molar-refractivity contribution >= 4 is 27.9 Å². The Kier molecular flexibility index (Phi) is 6.56. The molecule has 0 amide bonds. The van der Waals surface area contributed by atoms with Crippen molar-refractivity contribution in [2.75, 3.05) is 14.2 Å². The lowest BCUT2D eigenvalue weighted by Crippen LogP contribution is -2.14. The number of ether oxygens (including phenoxy) is 3. The van der Waals surface area contributed by atoms with Gasteiger partial charge in [0.2, 0.25) is 11.7 Å². The number of thiazole rings is 1. The predicted molar refractivity (Wildman–Crippen MR) is 130 cm³/mol. The van der Waals surface area contributed by atoms with Gasteiger partial charge >= 0.3 is 4.87 Å². The number of fused-ring (bicyclic) bond motifs is 1. The van der Waals surface area contributed by atoms with E-state index in [1.54, 1.807) is 42.6 Å². The molecule has 0 spiro atoms. The number of hydrogen-bond acceptors (Lipinski definition) is 8. The Bertz CT molecular complexity index is 1420. The van der Waals surface area contributed by atoms with E-state index in [1.807, 2.05) is 13.8 Å². The smallest absolute Gasteiger partial charge is 0.310 e. The Morgan fingerprint density at radius 2 is 1.82 bits per heavy atom. The summed E-state index contributed by atoms with van der Waals surface area (Å²) >= 11 is 0.906. The molecule has 34 heavy (non-hydrogen) atoms. The molecule has 0 aliphatic rings. The summed E-state index contributed by atoms with van der Waals surface area (Å²) in [5.41, 5.74) is 1.30. The Hall–Kier alpha value is -3.85. The Morgan fingerprint density at radius 3 is 2.44 bits per heavy atom. The first-order chi connectivity index (χ1) is 16.3. The van der Waals surface area contributed by atoms with Crippen molar-refractivity contribution in [1.29, 1.82) is 0 Å². The average Bonchev–Trinajstić information content (AvgIpc) is 3.14. The standard InChI is InChI=1S/C25H24N2O6S/c1-14(2)33-17-7-5-6-15(8-17)24(29)23-19-10-21(32-4)20(31-3)9-18(19)16(11-26-23)12-27-22(28)13-34-25(27)30/h5-11,13-14,28H,12H2,1-4H3. The first-order valence-electron chi connectivity index (χ1n) is 10.5. The van der Waals surface area contributed by atoms with Gasteiger partial charge < -0.3 is 19.3 Å². The van der Waals surface area contributed by atoms with Crippen LogP contribution in [0.2, 0.25) is 0 Å². The van der Waals surface area contributed by atoms with Crippen molar-refractivity contribution in [2.24, 2.45) is 0 Å². The topological polar surface area (TPSA) is 99.9 Å². The zero-order chi connectivity index (χ0) is 24.4. The largest absolute Gasteiger partial charge is 0.494 e. The maximum atomic E-state index is 13.5. The molecule has 0 saturated carbocycles. The van der Waals surface area contributed by atoms with Gasteiger partial charge in [-0.15, -0.1) is 0 Å². The number of carbonyl (C=O) groups excluding carboxylic acids is 1. The van der Waals surface area contributed by atoms with Crippen LogP contribution in [0, 0.1) is 0 Å². The second kappa shape index (κ2) is 9.56. The second-order valence-electron chi connectivity index (χ2n) is 7.85. The molecule has 8 nitrogen and oxygen atoms in total. The number of methoxy groups -OCH3 is 2. The van der Waals surface area contributed by atoms with Crippen LogP contribution in [0.3, 0.4) is 0 Å². The van der Waals surface area contributed by atoms with Gasteiger partial charge in [-0.05, 0) is 49.1 Å². The first-order valence-corrected chi connectivity index (χ1v) is 11.4. The lowest BCUT2D eigenvalue weighted by molar-refractivity contribution is 0.103. The lowest BCUT2D eigenvalue weighted by atomic mass is 9.98. The van der Waals surface area contributed by atoms with E-state index >= 15 is 0 Å². The second-order valence-corrected chi connectivity index (χ2v) is 8.67. The third kappa shape index (κ3) is 4.47. The van der Waals surface area contributed by atoms with Gasteiger partial charge in [0, 0.05) is 17.1 Å². The molecule has 2 heterocycles. The highest BCUT2D eigenvalue weighted by Gasteiger charge is 2.20. The first kappa shape index (κ1) is 23.3. The van der Waals surface area contributed by atoms with Gasteiger partial charge in [0.05, 0.1) is 32.2 Å². The predicted octanol–water partition coefficient (Wildman–Crippen LogP) is 4.25. The quantitative estimate of drug-likeness (QED) is 0.376. The minimum absolute atomic E-state index is 0.0303. The van der Waals surface area contributed by atoms with E-state index in [-0.39, 0.29) is 34.9 Å². The zero-order valence-electron chi connectivity index (χ0n) is 19.2. The maximum absolute atomic E-state index is 13.5. The molecule has 4 aromatic rings. The Labute approximate surface area is 200 Å². The van der Waals surface area contributed by atoms with Gasteiger partial charge in [0.1, 0.15) is 11.4 Å². The maximum Gasteiger partial charge on any atom is 0.310 e. The van der Waals surface area contributed by atoms with Crippen LogP contribution in [0.1, 0.15) is 35.5 Å². The van der Waals surface area contributed by atoms with E-state index in [0.717, 1.165) is 11.3 Å². The number of ketones is 1. The molecule has 4 rings (SSSR count). The summed E-state index contributed by atoms with van der Waals surface area (Å²) < 4.78 is 17.9. The van der Waals surface area contributed by atoms with Crippen LogP contribution < -0.4 is 19.1 Å². The van der Waals surface area contributed by atoms with Gasteiger partial charge in [-0.2, -0.15) is 0 Å². The summed E-state index contributed by atoms with van der Waals surface area (Å²) in [4.78, 5) is 29.8. The van der Waals surface area contributed by atoms with E-state index < -0.39 is 0 Å².